The van der Waals surface area contributed by atoms with Crippen molar-refractivity contribution >= 4 is 5.57 Å². The molecule has 0 spiro atoms. The van der Waals surface area contributed by atoms with E-state index in [4.69, 9.17) is 4.74 Å². The van der Waals surface area contributed by atoms with Gasteiger partial charge in [-0.2, -0.15) is 0 Å². The van der Waals surface area contributed by atoms with Crippen molar-refractivity contribution in [3.8, 4) is 0 Å². The number of likely N-dealkylation sites (N-methyl/N-ethyl adjacent to an activating group) is 1. The second kappa shape index (κ2) is 4.99. The molecular formula is C17H23NO2. The van der Waals surface area contributed by atoms with Crippen LogP contribution in [0.3, 0.4) is 0 Å². The number of aliphatic hydroxyl groups is 1. The number of hydrogen-bond donors (Lipinski definition) is 1. The number of benzene rings is 1. The van der Waals surface area contributed by atoms with Crippen molar-refractivity contribution in [3.63, 3.8) is 0 Å². The molecule has 2 heterocycles. The Labute approximate surface area is 120 Å². The maximum atomic E-state index is 11.1. The van der Waals surface area contributed by atoms with Crippen LogP contribution in [0.5, 0.6) is 0 Å². The fourth-order valence-corrected chi connectivity index (χ4v) is 3.44. The Kier molecular flexibility index (Phi) is 3.44. The molecule has 2 unspecified atom stereocenters. The first-order chi connectivity index (χ1) is 9.49. The van der Waals surface area contributed by atoms with E-state index in [1.54, 1.807) is 0 Å². The summed E-state index contributed by atoms with van der Waals surface area (Å²) in [7, 11) is 2.14. The molecule has 1 N–H and O–H groups in total. The largest absolute Gasteiger partial charge is 0.385 e. The summed E-state index contributed by atoms with van der Waals surface area (Å²) in [5, 5.41) is 11.1. The van der Waals surface area contributed by atoms with E-state index >= 15 is 0 Å². The van der Waals surface area contributed by atoms with E-state index < -0.39 is 5.60 Å². The molecule has 3 nitrogen and oxygen atoms in total. The summed E-state index contributed by atoms with van der Waals surface area (Å²) < 4.78 is 5.62. The summed E-state index contributed by atoms with van der Waals surface area (Å²) in [6.45, 7) is 7.40. The van der Waals surface area contributed by atoms with Gasteiger partial charge in [0.25, 0.3) is 0 Å². The number of morpholine rings is 1. The maximum absolute atomic E-state index is 11.1. The third-order valence-electron chi connectivity index (χ3n) is 4.83. The van der Waals surface area contributed by atoms with Crippen molar-refractivity contribution in [2.24, 2.45) is 0 Å². The lowest BCUT2D eigenvalue weighted by atomic mass is 9.77. The number of fused-ring (bicyclic) bond motifs is 2. The zero-order chi connectivity index (χ0) is 14.3. The highest BCUT2D eigenvalue weighted by atomic mass is 16.5. The van der Waals surface area contributed by atoms with Crippen LogP contribution in [0, 0.1) is 0 Å². The van der Waals surface area contributed by atoms with E-state index in [0.717, 1.165) is 42.8 Å². The van der Waals surface area contributed by atoms with Crippen molar-refractivity contribution in [1.29, 1.82) is 0 Å². The molecule has 2 aliphatic rings. The van der Waals surface area contributed by atoms with Crippen molar-refractivity contribution in [3.05, 3.63) is 42.0 Å². The van der Waals surface area contributed by atoms with E-state index in [1.165, 1.54) is 0 Å². The van der Waals surface area contributed by atoms with Gasteiger partial charge in [-0.05, 0) is 37.9 Å². The van der Waals surface area contributed by atoms with Crippen LogP contribution in [0.2, 0.25) is 0 Å². The first-order valence-electron chi connectivity index (χ1n) is 7.28. The molecule has 1 aromatic carbocycles. The minimum absolute atomic E-state index is 0.313. The molecule has 3 rings (SSSR count). The molecule has 0 amide bonds. The third-order valence-corrected chi connectivity index (χ3v) is 4.83. The van der Waals surface area contributed by atoms with Crippen LogP contribution in [0.25, 0.3) is 5.57 Å². The summed E-state index contributed by atoms with van der Waals surface area (Å²) in [6.07, 6.45) is 1.48. The molecule has 0 radical (unpaired) electrons. The number of ether oxygens (including phenoxy) is 1. The van der Waals surface area contributed by atoms with Gasteiger partial charge < -0.3 is 9.84 Å². The van der Waals surface area contributed by atoms with E-state index in [1.807, 2.05) is 19.1 Å². The Morgan fingerprint density at radius 2 is 1.80 bits per heavy atom. The molecule has 20 heavy (non-hydrogen) atoms. The van der Waals surface area contributed by atoms with Gasteiger partial charge in [0, 0.05) is 12.1 Å². The fourth-order valence-electron chi connectivity index (χ4n) is 3.44. The first-order valence-corrected chi connectivity index (χ1v) is 7.28. The van der Waals surface area contributed by atoms with Crippen LogP contribution < -0.4 is 0 Å². The van der Waals surface area contributed by atoms with E-state index in [0.29, 0.717) is 12.1 Å². The summed E-state index contributed by atoms with van der Waals surface area (Å²) >= 11 is 0. The standard InChI is InChI=1S/C17H23NO2/c1-12(2)13-4-6-14(7-5-13)17(19)8-15-10-20-11-16(9-17)18(15)3/h4-7,15-16,19H,1,8-11H2,2-3H3. The fraction of sp³-hybridized carbons (Fsp3) is 0.529. The highest BCUT2D eigenvalue weighted by molar-refractivity contribution is 5.61. The van der Waals surface area contributed by atoms with Crippen LogP contribution in [0.1, 0.15) is 30.9 Å². The van der Waals surface area contributed by atoms with Crippen LogP contribution in [-0.2, 0) is 10.3 Å². The van der Waals surface area contributed by atoms with Gasteiger partial charge in [-0.25, -0.2) is 0 Å². The Morgan fingerprint density at radius 3 is 2.30 bits per heavy atom. The van der Waals surface area contributed by atoms with Crippen LogP contribution in [-0.4, -0.2) is 42.4 Å². The lowest BCUT2D eigenvalue weighted by Crippen LogP contribution is -2.59. The monoisotopic (exact) mass is 273 g/mol. The quantitative estimate of drug-likeness (QED) is 0.898. The summed E-state index contributed by atoms with van der Waals surface area (Å²) in [5.41, 5.74) is 2.48. The average molecular weight is 273 g/mol. The zero-order valence-corrected chi connectivity index (χ0v) is 12.3. The zero-order valence-electron chi connectivity index (χ0n) is 12.3. The lowest BCUT2D eigenvalue weighted by molar-refractivity contribution is -0.137. The second-order valence-electron chi connectivity index (χ2n) is 6.31. The van der Waals surface area contributed by atoms with Gasteiger partial charge in [0.1, 0.15) is 0 Å². The van der Waals surface area contributed by atoms with Crippen molar-refractivity contribution in [2.75, 3.05) is 20.3 Å². The molecule has 108 valence electrons. The second-order valence-corrected chi connectivity index (χ2v) is 6.31. The molecule has 1 aromatic rings. The van der Waals surface area contributed by atoms with Gasteiger partial charge >= 0.3 is 0 Å². The number of nitrogens with zero attached hydrogens (tertiary/aromatic N) is 1. The SMILES string of the molecule is C=C(C)c1ccc(C2(O)CC3COCC(C2)N3C)cc1. The highest BCUT2D eigenvalue weighted by Gasteiger charge is 2.45. The molecule has 3 heteroatoms. The minimum Gasteiger partial charge on any atom is -0.385 e. The number of piperidine rings is 1. The van der Waals surface area contributed by atoms with Crippen molar-refractivity contribution < 1.29 is 9.84 Å². The predicted octanol–water partition coefficient (Wildman–Crippen LogP) is 2.40. The maximum Gasteiger partial charge on any atom is 0.0928 e. The van der Waals surface area contributed by atoms with Gasteiger partial charge in [-0.1, -0.05) is 36.4 Å². The minimum atomic E-state index is -0.723. The molecule has 2 fully saturated rings. The summed E-state index contributed by atoms with van der Waals surface area (Å²) in [5.74, 6) is 0. The third kappa shape index (κ3) is 2.30. The Morgan fingerprint density at radius 1 is 1.25 bits per heavy atom. The van der Waals surface area contributed by atoms with Gasteiger partial charge in [0.2, 0.25) is 0 Å². The van der Waals surface area contributed by atoms with Gasteiger partial charge in [0.15, 0.2) is 0 Å². The molecule has 2 bridgehead atoms. The number of hydrogen-bond acceptors (Lipinski definition) is 3. The van der Waals surface area contributed by atoms with Crippen LogP contribution in [0.4, 0.5) is 0 Å². The number of allylic oxidation sites excluding steroid dienone is 1. The summed E-state index contributed by atoms with van der Waals surface area (Å²) in [6, 6.07) is 8.83. The lowest BCUT2D eigenvalue weighted by Gasteiger charge is -2.50. The van der Waals surface area contributed by atoms with Gasteiger partial charge in [0.05, 0.1) is 18.8 Å². The summed E-state index contributed by atoms with van der Waals surface area (Å²) in [4.78, 5) is 2.36. The van der Waals surface area contributed by atoms with E-state index in [9.17, 15) is 5.11 Å². The smallest absolute Gasteiger partial charge is 0.0928 e. The topological polar surface area (TPSA) is 32.7 Å². The number of rotatable bonds is 2. The van der Waals surface area contributed by atoms with Crippen LogP contribution in [0.15, 0.2) is 30.8 Å². The van der Waals surface area contributed by atoms with Crippen molar-refractivity contribution in [1.82, 2.24) is 4.90 Å². The van der Waals surface area contributed by atoms with Crippen LogP contribution >= 0.6 is 0 Å². The Hall–Kier alpha value is -1.16. The van der Waals surface area contributed by atoms with E-state index in [2.05, 4.69) is 30.7 Å². The molecule has 0 saturated carbocycles. The average Bonchev–Trinajstić information content (AvgIpc) is 2.41. The van der Waals surface area contributed by atoms with Gasteiger partial charge in [-0.3, -0.25) is 4.90 Å². The molecule has 0 aliphatic carbocycles. The van der Waals surface area contributed by atoms with Crippen molar-refractivity contribution in [2.45, 2.75) is 37.5 Å². The van der Waals surface area contributed by atoms with Gasteiger partial charge in [-0.15, -0.1) is 0 Å². The Bertz CT molecular complexity index is 494. The molecule has 0 aromatic heterocycles. The first kappa shape index (κ1) is 13.8. The van der Waals surface area contributed by atoms with E-state index in [-0.39, 0.29) is 0 Å². The molecule has 2 atom stereocenters. The highest BCUT2D eigenvalue weighted by Crippen LogP contribution is 2.40. The molecule has 2 saturated heterocycles. The predicted molar refractivity (Wildman–Crippen MR) is 80.4 cm³/mol. The Balaban J connectivity index is 1.87. The molecule has 2 aliphatic heterocycles. The normalized spacial score (nSPS) is 34.0. The molecular weight excluding hydrogens is 250 g/mol.